The van der Waals surface area contributed by atoms with Gasteiger partial charge in [0.25, 0.3) is 0 Å². The maximum Gasteiger partial charge on any atom is 0.0692 e. The Morgan fingerprint density at radius 1 is 1.31 bits per heavy atom. The van der Waals surface area contributed by atoms with Crippen LogP contribution in [0.15, 0.2) is 12.2 Å². The van der Waals surface area contributed by atoms with Gasteiger partial charge in [-0.3, -0.25) is 0 Å². The van der Waals surface area contributed by atoms with Crippen molar-refractivity contribution < 1.29 is 15.3 Å². The summed E-state index contributed by atoms with van der Waals surface area (Å²) >= 11 is 0. The van der Waals surface area contributed by atoms with Crippen molar-refractivity contribution in [2.45, 2.75) is 38.6 Å². The maximum absolute atomic E-state index is 9.55. The van der Waals surface area contributed by atoms with Crippen LogP contribution in [0.2, 0.25) is 0 Å². The smallest absolute Gasteiger partial charge is 0.0692 e. The molecular weight excluding hydrogens is 168 g/mol. The average Bonchev–Trinajstić information content (AvgIpc) is 2.24. The summed E-state index contributed by atoms with van der Waals surface area (Å²) in [5, 5.41) is 28.0. The minimum absolute atomic E-state index is 0.0235. The molecule has 5 atom stereocenters. The van der Waals surface area contributed by atoms with Crippen molar-refractivity contribution in [1.82, 2.24) is 0 Å². The highest BCUT2D eigenvalue weighted by atomic mass is 16.3. The number of rotatable bonds is 2. The van der Waals surface area contributed by atoms with Crippen LogP contribution in [0.25, 0.3) is 0 Å². The fourth-order valence-corrected chi connectivity index (χ4v) is 1.82. The Morgan fingerprint density at radius 2 is 1.92 bits per heavy atom. The Bertz CT molecular complexity index is 189. The van der Waals surface area contributed by atoms with E-state index < -0.39 is 18.3 Å². The van der Waals surface area contributed by atoms with Crippen molar-refractivity contribution in [3.05, 3.63) is 12.2 Å². The van der Waals surface area contributed by atoms with Crippen LogP contribution < -0.4 is 0 Å². The molecule has 0 radical (unpaired) electrons. The molecule has 13 heavy (non-hydrogen) atoms. The van der Waals surface area contributed by atoms with E-state index in [1.165, 1.54) is 0 Å². The second-order valence-electron chi connectivity index (χ2n) is 3.93. The van der Waals surface area contributed by atoms with Crippen LogP contribution in [0, 0.1) is 11.8 Å². The molecule has 76 valence electrons. The van der Waals surface area contributed by atoms with E-state index >= 15 is 0 Å². The third-order valence-electron chi connectivity index (χ3n) is 2.75. The molecule has 0 amide bonds. The fraction of sp³-hybridized carbons (Fsp3) is 0.800. The van der Waals surface area contributed by atoms with Gasteiger partial charge in [0.15, 0.2) is 0 Å². The SMILES string of the molecule is C[C@@H]1[C@@H](/C=C/[C@H](C)O)[C@H](O)C[C@@H]1O. The van der Waals surface area contributed by atoms with Crippen molar-refractivity contribution in [2.24, 2.45) is 11.8 Å². The lowest BCUT2D eigenvalue weighted by Crippen LogP contribution is -2.17. The summed E-state index contributed by atoms with van der Waals surface area (Å²) in [4.78, 5) is 0. The summed E-state index contributed by atoms with van der Waals surface area (Å²) in [6, 6.07) is 0. The van der Waals surface area contributed by atoms with Crippen LogP contribution in [-0.2, 0) is 0 Å². The predicted octanol–water partition coefficient (Wildman–Crippen LogP) is 0.301. The van der Waals surface area contributed by atoms with Crippen LogP contribution in [-0.4, -0.2) is 33.6 Å². The molecule has 0 saturated heterocycles. The molecule has 1 saturated carbocycles. The van der Waals surface area contributed by atoms with E-state index in [2.05, 4.69) is 0 Å². The molecule has 1 aliphatic rings. The van der Waals surface area contributed by atoms with Gasteiger partial charge in [-0.2, -0.15) is 0 Å². The summed E-state index contributed by atoms with van der Waals surface area (Å²) in [5.41, 5.74) is 0. The first-order valence-corrected chi connectivity index (χ1v) is 4.75. The van der Waals surface area contributed by atoms with E-state index in [0.717, 1.165) is 0 Å². The van der Waals surface area contributed by atoms with E-state index in [4.69, 9.17) is 5.11 Å². The summed E-state index contributed by atoms with van der Waals surface area (Å²) in [6.07, 6.45) is 2.52. The normalized spacial score (nSPS) is 42.8. The zero-order valence-electron chi connectivity index (χ0n) is 8.09. The molecule has 3 nitrogen and oxygen atoms in total. The third kappa shape index (κ3) is 2.53. The molecule has 0 bridgehead atoms. The predicted molar refractivity (Wildman–Crippen MR) is 50.1 cm³/mol. The molecule has 3 N–H and O–H groups in total. The lowest BCUT2D eigenvalue weighted by molar-refractivity contribution is 0.123. The van der Waals surface area contributed by atoms with E-state index in [-0.39, 0.29) is 11.8 Å². The third-order valence-corrected chi connectivity index (χ3v) is 2.75. The van der Waals surface area contributed by atoms with Gasteiger partial charge in [0.2, 0.25) is 0 Å². The van der Waals surface area contributed by atoms with Crippen LogP contribution in [0.5, 0.6) is 0 Å². The molecule has 0 unspecified atom stereocenters. The monoisotopic (exact) mass is 186 g/mol. The highest BCUT2D eigenvalue weighted by Crippen LogP contribution is 2.33. The van der Waals surface area contributed by atoms with Crippen LogP contribution in [0.1, 0.15) is 20.3 Å². The molecule has 3 heteroatoms. The maximum atomic E-state index is 9.55. The topological polar surface area (TPSA) is 60.7 Å². The number of hydrogen-bond acceptors (Lipinski definition) is 3. The van der Waals surface area contributed by atoms with Gasteiger partial charge in [-0.05, 0) is 12.8 Å². The van der Waals surface area contributed by atoms with E-state index in [0.29, 0.717) is 6.42 Å². The molecule has 0 aromatic rings. The Morgan fingerprint density at radius 3 is 2.31 bits per heavy atom. The molecule has 1 fully saturated rings. The zero-order valence-corrected chi connectivity index (χ0v) is 8.09. The quantitative estimate of drug-likeness (QED) is 0.544. The molecular formula is C10H18O3. The Labute approximate surface area is 78.7 Å². The first-order valence-electron chi connectivity index (χ1n) is 4.75. The summed E-state index contributed by atoms with van der Waals surface area (Å²) in [5.74, 6) is 0.0506. The number of aliphatic hydroxyl groups is 3. The van der Waals surface area contributed by atoms with E-state index in [1.54, 1.807) is 19.1 Å². The standard InChI is InChI=1S/C10H18O3/c1-6(11)3-4-8-7(2)9(12)5-10(8)13/h3-4,6-13H,5H2,1-2H3/b4-3+/t6-,7+,8+,9-,10+/m0/s1. The lowest BCUT2D eigenvalue weighted by atomic mass is 9.95. The van der Waals surface area contributed by atoms with Gasteiger partial charge in [-0.25, -0.2) is 0 Å². The van der Waals surface area contributed by atoms with Crippen LogP contribution in [0.4, 0.5) is 0 Å². The van der Waals surface area contributed by atoms with Gasteiger partial charge < -0.3 is 15.3 Å². The van der Waals surface area contributed by atoms with Gasteiger partial charge in [0, 0.05) is 12.3 Å². The Kier molecular flexibility index (Phi) is 3.47. The molecule has 0 aromatic carbocycles. The van der Waals surface area contributed by atoms with Gasteiger partial charge in [-0.1, -0.05) is 19.1 Å². The van der Waals surface area contributed by atoms with E-state index in [1.807, 2.05) is 6.92 Å². The summed E-state index contributed by atoms with van der Waals surface area (Å²) in [6.45, 7) is 3.58. The highest BCUT2D eigenvalue weighted by Gasteiger charge is 2.36. The highest BCUT2D eigenvalue weighted by molar-refractivity contribution is 5.02. The Hall–Kier alpha value is -0.380. The second kappa shape index (κ2) is 4.22. The van der Waals surface area contributed by atoms with Crippen molar-refractivity contribution >= 4 is 0 Å². The average molecular weight is 186 g/mol. The number of aliphatic hydroxyl groups excluding tert-OH is 3. The molecule has 0 spiro atoms. The minimum atomic E-state index is -0.489. The van der Waals surface area contributed by atoms with Gasteiger partial charge in [-0.15, -0.1) is 0 Å². The molecule has 0 aromatic heterocycles. The Balaban J connectivity index is 2.58. The van der Waals surface area contributed by atoms with Crippen molar-refractivity contribution in [3.63, 3.8) is 0 Å². The largest absolute Gasteiger partial charge is 0.393 e. The van der Waals surface area contributed by atoms with E-state index in [9.17, 15) is 10.2 Å². The summed E-state index contributed by atoms with van der Waals surface area (Å²) in [7, 11) is 0. The van der Waals surface area contributed by atoms with Gasteiger partial charge >= 0.3 is 0 Å². The summed E-state index contributed by atoms with van der Waals surface area (Å²) < 4.78 is 0. The van der Waals surface area contributed by atoms with Gasteiger partial charge in [0.1, 0.15) is 0 Å². The number of hydrogen-bond donors (Lipinski definition) is 3. The molecule has 0 aliphatic heterocycles. The molecule has 0 heterocycles. The second-order valence-corrected chi connectivity index (χ2v) is 3.93. The minimum Gasteiger partial charge on any atom is -0.393 e. The van der Waals surface area contributed by atoms with Crippen molar-refractivity contribution in [1.29, 1.82) is 0 Å². The van der Waals surface area contributed by atoms with Crippen molar-refractivity contribution in [2.75, 3.05) is 0 Å². The lowest BCUT2D eigenvalue weighted by Gasteiger charge is -2.15. The molecule has 1 aliphatic carbocycles. The first kappa shape index (κ1) is 10.7. The fourth-order valence-electron chi connectivity index (χ4n) is 1.82. The molecule has 1 rings (SSSR count). The van der Waals surface area contributed by atoms with Crippen LogP contribution in [0.3, 0.4) is 0 Å². The van der Waals surface area contributed by atoms with Crippen LogP contribution >= 0.6 is 0 Å². The first-order chi connectivity index (χ1) is 6.02. The van der Waals surface area contributed by atoms with Crippen molar-refractivity contribution in [3.8, 4) is 0 Å². The zero-order chi connectivity index (χ0) is 10.0. The van der Waals surface area contributed by atoms with Gasteiger partial charge in [0.05, 0.1) is 18.3 Å².